The standard InChI is InChI=1S/C19H19BrN2O2S/c20-17-13-21-19(22-18(17)23)25-11-5-1-4-10-24-16-9-8-14-6-2-3-7-15(14)12-16/h2-3,6-9,12-13H,1,4-5,10-11H2,(H,21,22,23). The first-order valence-electron chi connectivity index (χ1n) is 8.21. The number of nitrogens with zero attached hydrogens (tertiary/aromatic N) is 1. The Kier molecular flexibility index (Phi) is 6.53. The first kappa shape index (κ1) is 18.0. The highest BCUT2D eigenvalue weighted by atomic mass is 79.9. The average Bonchev–Trinajstić information content (AvgIpc) is 2.63. The lowest BCUT2D eigenvalue weighted by Gasteiger charge is -2.07. The van der Waals surface area contributed by atoms with E-state index in [9.17, 15) is 4.79 Å². The van der Waals surface area contributed by atoms with Gasteiger partial charge in [0, 0.05) is 11.9 Å². The van der Waals surface area contributed by atoms with Crippen LogP contribution < -0.4 is 10.3 Å². The van der Waals surface area contributed by atoms with Gasteiger partial charge in [-0.1, -0.05) is 42.1 Å². The number of halogens is 1. The van der Waals surface area contributed by atoms with E-state index in [0.717, 1.165) is 37.4 Å². The Morgan fingerprint density at radius 1 is 1.08 bits per heavy atom. The predicted molar refractivity (Wildman–Crippen MR) is 107 cm³/mol. The van der Waals surface area contributed by atoms with Gasteiger partial charge in [-0.05, 0) is 58.1 Å². The molecule has 0 aliphatic rings. The number of nitrogens with one attached hydrogen (secondary N) is 1. The van der Waals surface area contributed by atoms with Crippen LogP contribution in [0.4, 0.5) is 0 Å². The van der Waals surface area contributed by atoms with Gasteiger partial charge >= 0.3 is 0 Å². The molecule has 0 aliphatic heterocycles. The Balaban J connectivity index is 1.34. The molecule has 0 unspecified atom stereocenters. The normalized spacial score (nSPS) is 10.9. The molecular weight excluding hydrogens is 400 g/mol. The summed E-state index contributed by atoms with van der Waals surface area (Å²) in [5.74, 6) is 1.85. The first-order valence-corrected chi connectivity index (χ1v) is 9.99. The van der Waals surface area contributed by atoms with E-state index in [1.54, 1.807) is 18.0 Å². The minimum absolute atomic E-state index is 0.138. The number of hydrogen-bond acceptors (Lipinski definition) is 4. The zero-order chi connectivity index (χ0) is 17.5. The zero-order valence-corrected chi connectivity index (χ0v) is 16.1. The molecule has 1 aromatic heterocycles. The van der Waals surface area contributed by atoms with Crippen LogP contribution in [0.3, 0.4) is 0 Å². The number of aromatic amines is 1. The molecule has 2 aromatic carbocycles. The van der Waals surface area contributed by atoms with Crippen molar-refractivity contribution >= 4 is 38.5 Å². The van der Waals surface area contributed by atoms with E-state index in [4.69, 9.17) is 4.74 Å². The van der Waals surface area contributed by atoms with Crippen molar-refractivity contribution in [2.24, 2.45) is 0 Å². The Bertz CT molecular complexity index is 898. The second-order valence-electron chi connectivity index (χ2n) is 5.63. The fraction of sp³-hybridized carbons (Fsp3) is 0.263. The van der Waals surface area contributed by atoms with E-state index in [1.807, 2.05) is 18.2 Å². The summed E-state index contributed by atoms with van der Waals surface area (Å²) in [4.78, 5) is 18.4. The van der Waals surface area contributed by atoms with E-state index in [2.05, 4.69) is 50.2 Å². The second kappa shape index (κ2) is 9.06. The van der Waals surface area contributed by atoms with E-state index < -0.39 is 0 Å². The van der Waals surface area contributed by atoms with Crippen LogP contribution in [0.5, 0.6) is 5.75 Å². The maximum Gasteiger partial charge on any atom is 0.265 e. The zero-order valence-electron chi connectivity index (χ0n) is 13.7. The predicted octanol–water partition coefficient (Wildman–Crippen LogP) is 5.03. The summed E-state index contributed by atoms with van der Waals surface area (Å²) in [6.45, 7) is 0.719. The van der Waals surface area contributed by atoms with Gasteiger partial charge in [0.25, 0.3) is 5.56 Å². The van der Waals surface area contributed by atoms with Crippen molar-refractivity contribution in [3.05, 3.63) is 63.5 Å². The lowest BCUT2D eigenvalue weighted by molar-refractivity contribution is 0.307. The van der Waals surface area contributed by atoms with Crippen LogP contribution in [-0.2, 0) is 0 Å². The third-order valence-corrected chi connectivity index (χ3v) is 5.29. The molecule has 0 spiro atoms. The van der Waals surface area contributed by atoms with Gasteiger partial charge in [-0.25, -0.2) is 4.98 Å². The Labute approximate surface area is 159 Å². The van der Waals surface area contributed by atoms with Crippen molar-refractivity contribution in [2.75, 3.05) is 12.4 Å². The molecule has 6 heteroatoms. The van der Waals surface area contributed by atoms with Crippen molar-refractivity contribution in [3.63, 3.8) is 0 Å². The van der Waals surface area contributed by atoms with Gasteiger partial charge in [-0.15, -0.1) is 0 Å². The summed E-state index contributed by atoms with van der Waals surface area (Å²) in [7, 11) is 0. The van der Waals surface area contributed by atoms with E-state index in [0.29, 0.717) is 9.63 Å². The molecule has 1 heterocycles. The lowest BCUT2D eigenvalue weighted by atomic mass is 10.1. The smallest absolute Gasteiger partial charge is 0.265 e. The summed E-state index contributed by atoms with van der Waals surface area (Å²) in [6, 6.07) is 14.5. The number of fused-ring (bicyclic) bond motifs is 1. The Morgan fingerprint density at radius 2 is 1.92 bits per heavy atom. The van der Waals surface area contributed by atoms with E-state index in [-0.39, 0.29) is 5.56 Å². The van der Waals surface area contributed by atoms with Crippen LogP contribution in [0.15, 0.2) is 63.1 Å². The Morgan fingerprint density at radius 3 is 2.76 bits per heavy atom. The summed E-state index contributed by atoms with van der Waals surface area (Å²) < 4.78 is 6.30. The van der Waals surface area contributed by atoms with Gasteiger partial charge < -0.3 is 9.72 Å². The summed E-state index contributed by atoms with van der Waals surface area (Å²) in [5, 5.41) is 3.10. The number of ether oxygens (including phenoxy) is 1. The number of benzene rings is 2. The topological polar surface area (TPSA) is 55.0 Å². The maximum absolute atomic E-state index is 11.5. The van der Waals surface area contributed by atoms with Crippen LogP contribution in [0, 0.1) is 0 Å². The maximum atomic E-state index is 11.5. The van der Waals surface area contributed by atoms with Crippen LogP contribution in [-0.4, -0.2) is 22.3 Å². The minimum atomic E-state index is -0.138. The van der Waals surface area contributed by atoms with Crippen molar-refractivity contribution in [3.8, 4) is 5.75 Å². The molecule has 4 nitrogen and oxygen atoms in total. The number of rotatable bonds is 8. The average molecular weight is 419 g/mol. The number of hydrogen-bond donors (Lipinski definition) is 1. The molecule has 0 saturated heterocycles. The van der Waals surface area contributed by atoms with Crippen LogP contribution in [0.25, 0.3) is 10.8 Å². The third kappa shape index (κ3) is 5.34. The number of thioether (sulfide) groups is 1. The highest BCUT2D eigenvalue weighted by molar-refractivity contribution is 9.10. The Hall–Kier alpha value is -1.79. The summed E-state index contributed by atoms with van der Waals surface area (Å²) >= 11 is 4.71. The molecule has 130 valence electrons. The number of H-pyrrole nitrogens is 1. The van der Waals surface area contributed by atoms with Crippen molar-refractivity contribution in [1.29, 1.82) is 0 Å². The molecule has 0 bridgehead atoms. The number of aromatic nitrogens is 2. The molecular formula is C19H19BrN2O2S. The molecule has 3 rings (SSSR count). The SMILES string of the molecule is O=c1[nH]c(SCCCCCOc2ccc3ccccc3c2)ncc1Br. The molecule has 0 fully saturated rings. The van der Waals surface area contributed by atoms with Crippen LogP contribution >= 0.6 is 27.7 Å². The molecule has 0 saturated carbocycles. The first-order chi connectivity index (χ1) is 12.2. The fourth-order valence-corrected chi connectivity index (χ4v) is 3.47. The monoisotopic (exact) mass is 418 g/mol. The molecule has 0 amide bonds. The summed E-state index contributed by atoms with van der Waals surface area (Å²) in [6.07, 6.45) is 4.70. The molecule has 25 heavy (non-hydrogen) atoms. The van der Waals surface area contributed by atoms with Gasteiger partial charge in [0.15, 0.2) is 5.16 Å². The van der Waals surface area contributed by atoms with Crippen molar-refractivity contribution in [1.82, 2.24) is 9.97 Å². The summed E-state index contributed by atoms with van der Waals surface area (Å²) in [5.41, 5.74) is -0.138. The van der Waals surface area contributed by atoms with Gasteiger partial charge in [0.2, 0.25) is 0 Å². The van der Waals surface area contributed by atoms with Gasteiger partial charge in [-0.2, -0.15) is 0 Å². The van der Waals surface area contributed by atoms with Crippen molar-refractivity contribution < 1.29 is 4.74 Å². The van der Waals surface area contributed by atoms with Gasteiger partial charge in [0.1, 0.15) is 10.2 Å². The molecule has 0 radical (unpaired) electrons. The fourth-order valence-electron chi connectivity index (χ4n) is 2.43. The number of unbranched alkanes of at least 4 members (excludes halogenated alkanes) is 2. The van der Waals surface area contributed by atoms with Crippen molar-refractivity contribution in [2.45, 2.75) is 24.4 Å². The quantitative estimate of drug-likeness (QED) is 0.316. The van der Waals surface area contributed by atoms with E-state index in [1.165, 1.54) is 10.8 Å². The van der Waals surface area contributed by atoms with E-state index >= 15 is 0 Å². The molecule has 0 atom stereocenters. The highest BCUT2D eigenvalue weighted by Crippen LogP contribution is 2.21. The van der Waals surface area contributed by atoms with Crippen LogP contribution in [0.2, 0.25) is 0 Å². The van der Waals surface area contributed by atoms with Gasteiger partial charge in [-0.3, -0.25) is 4.79 Å². The highest BCUT2D eigenvalue weighted by Gasteiger charge is 2.01. The molecule has 0 aliphatic carbocycles. The van der Waals surface area contributed by atoms with Gasteiger partial charge in [0.05, 0.1) is 6.61 Å². The van der Waals surface area contributed by atoms with Crippen LogP contribution in [0.1, 0.15) is 19.3 Å². The third-order valence-electron chi connectivity index (χ3n) is 3.75. The molecule has 3 aromatic rings. The largest absolute Gasteiger partial charge is 0.494 e. The second-order valence-corrected chi connectivity index (χ2v) is 7.57. The lowest BCUT2D eigenvalue weighted by Crippen LogP contribution is -2.08. The molecule has 1 N–H and O–H groups in total. The minimum Gasteiger partial charge on any atom is -0.494 e.